The van der Waals surface area contributed by atoms with Crippen molar-refractivity contribution < 1.29 is 19.1 Å². The number of nitrogens with one attached hydrogen (secondary N) is 1. The van der Waals surface area contributed by atoms with Crippen molar-refractivity contribution in [3.8, 4) is 0 Å². The Kier molecular flexibility index (Phi) is 8.70. The number of halogens is 1. The molecule has 2 aromatic carbocycles. The number of rotatable bonds is 10. The number of anilines is 1. The summed E-state index contributed by atoms with van der Waals surface area (Å²) in [6, 6.07) is 14.8. The Morgan fingerprint density at radius 3 is 2.21 bits per heavy atom. The Hall–Kier alpha value is -2.34. The van der Waals surface area contributed by atoms with Crippen LogP contribution >= 0.6 is 15.9 Å². The van der Waals surface area contributed by atoms with E-state index in [-0.39, 0.29) is 19.4 Å². The first kappa shape index (κ1) is 22.9. The summed E-state index contributed by atoms with van der Waals surface area (Å²) in [6.07, 6.45) is 1.39. The fraction of sp³-hybridized carbons (Fsp3) is 0.391. The number of carbonyl (C=O) groups excluding carboxylic acids is 2. The number of carbonyl (C=O) groups is 2. The van der Waals surface area contributed by atoms with Crippen LogP contribution in [-0.4, -0.2) is 25.1 Å². The van der Waals surface area contributed by atoms with Gasteiger partial charge in [0.25, 0.3) is 0 Å². The lowest BCUT2D eigenvalue weighted by atomic mass is 9.90. The van der Waals surface area contributed by atoms with E-state index in [1.807, 2.05) is 36.4 Å². The SMILES string of the molecule is CCCNc1ccc(CC(=O)OC(CC)(C(=O)OCC)c2ccc(Br)cc2)cc1. The molecule has 29 heavy (non-hydrogen) atoms. The van der Waals surface area contributed by atoms with Crippen LogP contribution in [0.15, 0.2) is 53.0 Å². The van der Waals surface area contributed by atoms with Crippen molar-refractivity contribution in [2.75, 3.05) is 18.5 Å². The molecule has 0 aliphatic heterocycles. The summed E-state index contributed by atoms with van der Waals surface area (Å²) in [6.45, 7) is 6.75. The molecule has 0 aromatic heterocycles. The second-order valence-electron chi connectivity index (χ2n) is 6.68. The Bertz CT molecular complexity index is 805. The molecule has 2 rings (SSSR count). The molecule has 0 saturated heterocycles. The van der Waals surface area contributed by atoms with Gasteiger partial charge in [0.1, 0.15) is 0 Å². The number of ether oxygens (including phenoxy) is 2. The van der Waals surface area contributed by atoms with Gasteiger partial charge in [-0.15, -0.1) is 0 Å². The van der Waals surface area contributed by atoms with Gasteiger partial charge < -0.3 is 14.8 Å². The molecule has 1 atom stereocenters. The first-order chi connectivity index (χ1) is 13.9. The average molecular weight is 462 g/mol. The molecular formula is C23H28BrNO4. The van der Waals surface area contributed by atoms with E-state index < -0.39 is 17.5 Å². The number of benzene rings is 2. The zero-order chi connectivity index (χ0) is 21.3. The van der Waals surface area contributed by atoms with Gasteiger partial charge in [0.15, 0.2) is 0 Å². The van der Waals surface area contributed by atoms with Crippen molar-refractivity contribution in [1.82, 2.24) is 0 Å². The van der Waals surface area contributed by atoms with Crippen LogP contribution < -0.4 is 5.32 Å². The van der Waals surface area contributed by atoms with Gasteiger partial charge in [0, 0.05) is 22.3 Å². The highest BCUT2D eigenvalue weighted by atomic mass is 79.9. The van der Waals surface area contributed by atoms with Crippen molar-refractivity contribution >= 4 is 33.6 Å². The van der Waals surface area contributed by atoms with E-state index in [9.17, 15) is 9.59 Å². The minimum absolute atomic E-state index is 0.0751. The summed E-state index contributed by atoms with van der Waals surface area (Å²) in [4.78, 5) is 25.5. The van der Waals surface area contributed by atoms with Gasteiger partial charge in [0.2, 0.25) is 5.60 Å². The molecule has 0 heterocycles. The molecular weight excluding hydrogens is 434 g/mol. The molecule has 0 amide bonds. The summed E-state index contributed by atoms with van der Waals surface area (Å²) in [7, 11) is 0. The molecule has 2 aromatic rings. The lowest BCUT2D eigenvalue weighted by molar-refractivity contribution is -0.184. The molecule has 0 aliphatic rings. The van der Waals surface area contributed by atoms with E-state index in [2.05, 4.69) is 28.2 Å². The molecule has 0 radical (unpaired) electrons. The van der Waals surface area contributed by atoms with E-state index in [4.69, 9.17) is 9.47 Å². The van der Waals surface area contributed by atoms with Crippen LogP contribution in [0, 0.1) is 0 Å². The van der Waals surface area contributed by atoms with Crippen LogP contribution in [0.3, 0.4) is 0 Å². The maximum Gasteiger partial charge on any atom is 0.355 e. The standard InChI is InChI=1S/C23H28BrNO4/c1-4-15-25-20-13-7-17(8-14-20)16-21(26)29-23(5-2,22(27)28-6-3)18-9-11-19(24)12-10-18/h7-14,25H,4-6,15-16H2,1-3H3. The third-order valence-electron chi connectivity index (χ3n) is 4.58. The Morgan fingerprint density at radius 1 is 1.00 bits per heavy atom. The number of hydrogen-bond acceptors (Lipinski definition) is 5. The minimum Gasteiger partial charge on any atom is -0.463 e. The van der Waals surface area contributed by atoms with E-state index in [0.717, 1.165) is 28.7 Å². The fourth-order valence-corrected chi connectivity index (χ4v) is 3.28. The van der Waals surface area contributed by atoms with Crippen LogP contribution in [0.25, 0.3) is 0 Å². The molecule has 5 nitrogen and oxygen atoms in total. The second kappa shape index (κ2) is 11.0. The van der Waals surface area contributed by atoms with Gasteiger partial charge in [-0.1, -0.05) is 54.0 Å². The molecule has 6 heteroatoms. The van der Waals surface area contributed by atoms with E-state index >= 15 is 0 Å². The van der Waals surface area contributed by atoms with E-state index in [0.29, 0.717) is 5.56 Å². The van der Waals surface area contributed by atoms with Gasteiger partial charge >= 0.3 is 11.9 Å². The minimum atomic E-state index is -1.46. The summed E-state index contributed by atoms with van der Waals surface area (Å²) in [5.41, 5.74) is 0.959. The zero-order valence-corrected chi connectivity index (χ0v) is 18.8. The second-order valence-corrected chi connectivity index (χ2v) is 7.60. The zero-order valence-electron chi connectivity index (χ0n) is 17.2. The van der Waals surface area contributed by atoms with Crippen LogP contribution in [0.4, 0.5) is 5.69 Å². The van der Waals surface area contributed by atoms with Crippen molar-refractivity contribution in [2.24, 2.45) is 0 Å². The maximum atomic E-state index is 12.8. The highest BCUT2D eigenvalue weighted by molar-refractivity contribution is 9.10. The first-order valence-corrected chi connectivity index (χ1v) is 10.7. The molecule has 1 N–H and O–H groups in total. The van der Waals surface area contributed by atoms with Crippen LogP contribution in [0.1, 0.15) is 44.7 Å². The molecule has 1 unspecified atom stereocenters. The molecule has 0 fully saturated rings. The smallest absolute Gasteiger partial charge is 0.355 e. The monoisotopic (exact) mass is 461 g/mol. The summed E-state index contributed by atoms with van der Waals surface area (Å²) < 4.78 is 11.9. The lowest BCUT2D eigenvalue weighted by Gasteiger charge is -2.30. The summed E-state index contributed by atoms with van der Waals surface area (Å²) in [5.74, 6) is -1.03. The summed E-state index contributed by atoms with van der Waals surface area (Å²) >= 11 is 3.39. The number of esters is 2. The highest BCUT2D eigenvalue weighted by Crippen LogP contribution is 2.33. The van der Waals surface area contributed by atoms with E-state index in [1.165, 1.54) is 0 Å². The normalized spacial score (nSPS) is 12.7. The Morgan fingerprint density at radius 2 is 1.66 bits per heavy atom. The number of hydrogen-bond donors (Lipinski definition) is 1. The lowest BCUT2D eigenvalue weighted by Crippen LogP contribution is -2.42. The molecule has 0 spiro atoms. The van der Waals surface area contributed by atoms with Gasteiger partial charge in [0.05, 0.1) is 13.0 Å². The van der Waals surface area contributed by atoms with Crippen molar-refractivity contribution in [3.05, 3.63) is 64.1 Å². The van der Waals surface area contributed by atoms with Crippen LogP contribution in [0.2, 0.25) is 0 Å². The topological polar surface area (TPSA) is 64.6 Å². The average Bonchev–Trinajstić information content (AvgIpc) is 2.72. The Labute approximate surface area is 180 Å². The third kappa shape index (κ3) is 6.07. The predicted molar refractivity (Wildman–Crippen MR) is 118 cm³/mol. The van der Waals surface area contributed by atoms with Crippen LogP contribution in [0.5, 0.6) is 0 Å². The molecule has 156 valence electrons. The third-order valence-corrected chi connectivity index (χ3v) is 5.11. The van der Waals surface area contributed by atoms with Crippen molar-refractivity contribution in [3.63, 3.8) is 0 Å². The Balaban J connectivity index is 2.20. The van der Waals surface area contributed by atoms with Gasteiger partial charge in [-0.05, 0) is 49.6 Å². The molecule has 0 bridgehead atoms. The quantitative estimate of drug-likeness (QED) is 0.490. The molecule has 0 saturated carbocycles. The highest BCUT2D eigenvalue weighted by Gasteiger charge is 2.44. The van der Waals surface area contributed by atoms with E-state index in [1.54, 1.807) is 26.0 Å². The van der Waals surface area contributed by atoms with Gasteiger partial charge in [-0.25, -0.2) is 4.79 Å². The van der Waals surface area contributed by atoms with Crippen LogP contribution in [-0.2, 0) is 31.1 Å². The van der Waals surface area contributed by atoms with Crippen molar-refractivity contribution in [1.29, 1.82) is 0 Å². The first-order valence-electron chi connectivity index (χ1n) is 9.93. The summed E-state index contributed by atoms with van der Waals surface area (Å²) in [5, 5.41) is 3.30. The van der Waals surface area contributed by atoms with Crippen molar-refractivity contribution in [2.45, 2.75) is 45.6 Å². The van der Waals surface area contributed by atoms with Gasteiger partial charge in [-0.2, -0.15) is 0 Å². The largest absolute Gasteiger partial charge is 0.463 e. The maximum absolute atomic E-state index is 12.8. The van der Waals surface area contributed by atoms with Gasteiger partial charge in [-0.3, -0.25) is 4.79 Å². The predicted octanol–water partition coefficient (Wildman–Crippen LogP) is 5.23. The fourth-order valence-electron chi connectivity index (χ4n) is 3.01. The molecule has 0 aliphatic carbocycles.